The third-order valence-electron chi connectivity index (χ3n) is 5.20. The summed E-state index contributed by atoms with van der Waals surface area (Å²) in [5, 5.41) is 18.7. The van der Waals surface area contributed by atoms with Crippen LogP contribution in [0.15, 0.2) is 64.8 Å². The molecule has 4 nitrogen and oxygen atoms in total. The van der Waals surface area contributed by atoms with Crippen LogP contribution in [-0.2, 0) is 11.2 Å². The number of hydrogen-bond acceptors (Lipinski definition) is 4. The van der Waals surface area contributed by atoms with Crippen LogP contribution in [0.4, 0.5) is 0 Å². The van der Waals surface area contributed by atoms with E-state index in [2.05, 4.69) is 34.5 Å². The van der Waals surface area contributed by atoms with Crippen molar-refractivity contribution in [1.29, 1.82) is 0 Å². The smallest absolute Gasteiger partial charge is 0.180 e. The molecule has 0 atom stereocenters. The molecule has 2 aromatic carbocycles. The van der Waals surface area contributed by atoms with E-state index in [-0.39, 0.29) is 12.0 Å². The fraction of sp³-hybridized carbons (Fsp3) is 0.364. The fourth-order valence-electron chi connectivity index (χ4n) is 3.63. The van der Waals surface area contributed by atoms with Gasteiger partial charge < -0.3 is 10.8 Å². The van der Waals surface area contributed by atoms with Gasteiger partial charge in [-0.2, -0.15) is 5.10 Å². The highest BCUT2D eigenvalue weighted by Gasteiger charge is 2.33. The Labute approximate surface area is 165 Å². The number of nitrogens with two attached hydrogens (primary N) is 1. The molecule has 0 bridgehead atoms. The number of nitrogens with zero attached hydrogens (tertiary/aromatic N) is 2. The van der Waals surface area contributed by atoms with E-state index < -0.39 is 0 Å². The monoisotopic (exact) mass is 381 g/mol. The minimum absolute atomic E-state index is 0.101. The summed E-state index contributed by atoms with van der Waals surface area (Å²) in [7, 11) is 0. The van der Waals surface area contributed by atoms with Crippen molar-refractivity contribution in [3.8, 4) is 0 Å². The van der Waals surface area contributed by atoms with Crippen molar-refractivity contribution in [1.82, 2.24) is 0 Å². The predicted molar refractivity (Wildman–Crippen MR) is 115 cm³/mol. The minimum Gasteiger partial charge on any atom is -0.395 e. The van der Waals surface area contributed by atoms with Crippen LogP contribution in [0, 0.1) is 0 Å². The summed E-state index contributed by atoms with van der Waals surface area (Å²) >= 11 is 1.47. The molecule has 0 unspecified atom stereocenters. The first-order valence-electron chi connectivity index (χ1n) is 9.46. The number of aliphatic hydroxyl groups is 1. The number of benzene rings is 2. The molecule has 0 heterocycles. The van der Waals surface area contributed by atoms with Gasteiger partial charge in [0.25, 0.3) is 0 Å². The predicted octanol–water partition coefficient (Wildman–Crippen LogP) is 4.46. The standard InChI is InChI=1S/C22H27N3OS/c23-21(27-16-18-8-3-1-4-9-18)25-24-15-19-10-7-11-20(14-19)22(17-26)12-5-2-6-13-22/h1,3-4,7-11,14-15,26H,2,5-6,12-13,16-17H2,(H2,23,25). The Hall–Kier alpha value is -2.11. The normalized spacial score (nSPS) is 17.3. The summed E-state index contributed by atoms with van der Waals surface area (Å²) < 4.78 is 0. The average molecular weight is 382 g/mol. The van der Waals surface area contributed by atoms with Gasteiger partial charge in [0.2, 0.25) is 0 Å². The zero-order chi connectivity index (χ0) is 19.0. The zero-order valence-corrected chi connectivity index (χ0v) is 16.4. The third-order valence-corrected chi connectivity index (χ3v) is 6.06. The van der Waals surface area contributed by atoms with Crippen LogP contribution < -0.4 is 5.73 Å². The molecule has 0 saturated heterocycles. The van der Waals surface area contributed by atoms with E-state index in [4.69, 9.17) is 5.73 Å². The zero-order valence-electron chi connectivity index (χ0n) is 15.6. The molecule has 142 valence electrons. The van der Waals surface area contributed by atoms with Crippen LogP contribution >= 0.6 is 11.8 Å². The SMILES string of the molecule is NC(=NN=Cc1cccc(C2(CO)CCCCC2)c1)SCc1ccccc1. The van der Waals surface area contributed by atoms with Crippen LogP contribution in [0.3, 0.4) is 0 Å². The fourth-order valence-corrected chi connectivity index (χ4v) is 4.24. The molecule has 0 amide bonds. The van der Waals surface area contributed by atoms with Gasteiger partial charge >= 0.3 is 0 Å². The summed E-state index contributed by atoms with van der Waals surface area (Å²) in [6.07, 6.45) is 7.44. The number of hydrogen-bond donors (Lipinski definition) is 2. The van der Waals surface area contributed by atoms with Crippen molar-refractivity contribution in [3.05, 3.63) is 71.3 Å². The molecular formula is C22H27N3OS. The Morgan fingerprint density at radius 2 is 1.85 bits per heavy atom. The van der Waals surface area contributed by atoms with Gasteiger partial charge in [-0.3, -0.25) is 0 Å². The molecular weight excluding hydrogens is 354 g/mol. The molecule has 1 saturated carbocycles. The van der Waals surface area contributed by atoms with Crippen molar-refractivity contribution >= 4 is 23.1 Å². The summed E-state index contributed by atoms with van der Waals surface area (Å²) in [6, 6.07) is 18.4. The van der Waals surface area contributed by atoms with E-state index in [9.17, 15) is 5.11 Å². The van der Waals surface area contributed by atoms with E-state index in [0.29, 0.717) is 5.17 Å². The molecule has 1 aliphatic rings. The summed E-state index contributed by atoms with van der Waals surface area (Å²) in [5.74, 6) is 0.778. The molecule has 5 heteroatoms. The van der Waals surface area contributed by atoms with Gasteiger partial charge in [-0.1, -0.05) is 79.6 Å². The second-order valence-electron chi connectivity index (χ2n) is 7.08. The number of aliphatic hydroxyl groups excluding tert-OH is 1. The highest BCUT2D eigenvalue weighted by atomic mass is 32.2. The lowest BCUT2D eigenvalue weighted by atomic mass is 9.70. The van der Waals surface area contributed by atoms with Crippen molar-refractivity contribution in [3.63, 3.8) is 0 Å². The summed E-state index contributed by atoms with van der Waals surface area (Å²) in [4.78, 5) is 0. The van der Waals surface area contributed by atoms with Crippen molar-refractivity contribution in [2.75, 3.05) is 6.61 Å². The average Bonchev–Trinajstić information content (AvgIpc) is 2.74. The van der Waals surface area contributed by atoms with Gasteiger partial charge in [-0.05, 0) is 35.6 Å². The lowest BCUT2D eigenvalue weighted by Crippen LogP contribution is -2.33. The molecule has 1 aliphatic carbocycles. The van der Waals surface area contributed by atoms with Gasteiger partial charge in [0.05, 0.1) is 12.8 Å². The van der Waals surface area contributed by atoms with Crippen LogP contribution in [0.25, 0.3) is 0 Å². The van der Waals surface area contributed by atoms with E-state index in [1.54, 1.807) is 6.21 Å². The lowest BCUT2D eigenvalue weighted by Gasteiger charge is -2.36. The van der Waals surface area contributed by atoms with Crippen molar-refractivity contribution < 1.29 is 5.11 Å². The molecule has 0 spiro atoms. The first-order valence-corrected chi connectivity index (χ1v) is 10.5. The Morgan fingerprint density at radius 3 is 2.59 bits per heavy atom. The molecule has 3 rings (SSSR count). The first-order chi connectivity index (χ1) is 13.2. The van der Waals surface area contributed by atoms with Crippen LogP contribution in [0.1, 0.15) is 48.8 Å². The Kier molecular flexibility index (Phi) is 7.07. The molecule has 1 fully saturated rings. The maximum Gasteiger partial charge on any atom is 0.180 e. The largest absolute Gasteiger partial charge is 0.395 e. The van der Waals surface area contributed by atoms with Crippen molar-refractivity contribution in [2.45, 2.75) is 43.3 Å². The summed E-state index contributed by atoms with van der Waals surface area (Å²) in [5.41, 5.74) is 9.23. The van der Waals surface area contributed by atoms with E-state index >= 15 is 0 Å². The second kappa shape index (κ2) is 9.72. The molecule has 0 aromatic heterocycles. The maximum atomic E-state index is 10.0. The second-order valence-corrected chi connectivity index (χ2v) is 8.08. The highest BCUT2D eigenvalue weighted by molar-refractivity contribution is 8.13. The minimum atomic E-state index is -0.101. The topological polar surface area (TPSA) is 71.0 Å². The van der Waals surface area contributed by atoms with Crippen LogP contribution in [0.2, 0.25) is 0 Å². The maximum absolute atomic E-state index is 10.0. The van der Waals surface area contributed by atoms with Gasteiger partial charge in [-0.25, -0.2) is 0 Å². The van der Waals surface area contributed by atoms with Crippen molar-refractivity contribution in [2.24, 2.45) is 15.9 Å². The van der Waals surface area contributed by atoms with E-state index in [1.165, 1.54) is 42.2 Å². The lowest BCUT2D eigenvalue weighted by molar-refractivity contribution is 0.152. The van der Waals surface area contributed by atoms with Gasteiger partial charge in [0, 0.05) is 11.2 Å². The molecule has 0 aliphatic heterocycles. The Morgan fingerprint density at radius 1 is 1.07 bits per heavy atom. The van der Waals surface area contributed by atoms with E-state index in [1.807, 2.05) is 30.3 Å². The Balaban J connectivity index is 1.63. The third kappa shape index (κ3) is 5.44. The van der Waals surface area contributed by atoms with Gasteiger partial charge in [0.1, 0.15) is 0 Å². The Bertz CT molecular complexity index is 783. The molecule has 27 heavy (non-hydrogen) atoms. The van der Waals surface area contributed by atoms with Crippen LogP contribution in [-0.4, -0.2) is 23.1 Å². The van der Waals surface area contributed by atoms with Crippen LogP contribution in [0.5, 0.6) is 0 Å². The van der Waals surface area contributed by atoms with E-state index in [0.717, 1.165) is 24.2 Å². The molecule has 2 aromatic rings. The van der Waals surface area contributed by atoms with Gasteiger partial charge in [-0.15, -0.1) is 5.10 Å². The molecule has 0 radical (unpaired) electrons. The summed E-state index contributed by atoms with van der Waals surface area (Å²) in [6.45, 7) is 0.203. The number of rotatable bonds is 6. The first kappa shape index (κ1) is 19.6. The number of amidine groups is 1. The molecule has 3 N–H and O–H groups in total. The number of thioether (sulfide) groups is 1. The highest BCUT2D eigenvalue weighted by Crippen LogP contribution is 2.39. The van der Waals surface area contributed by atoms with Gasteiger partial charge in [0.15, 0.2) is 5.17 Å². The quantitative estimate of drug-likeness (QED) is 0.441.